The van der Waals surface area contributed by atoms with Crippen molar-refractivity contribution in [2.75, 3.05) is 12.4 Å². The second-order valence-electron chi connectivity index (χ2n) is 4.95. The van der Waals surface area contributed by atoms with Crippen molar-refractivity contribution in [3.8, 4) is 11.4 Å². The number of methoxy groups -OCH3 is 1. The van der Waals surface area contributed by atoms with Gasteiger partial charge in [-0.3, -0.25) is 4.79 Å². The van der Waals surface area contributed by atoms with E-state index in [0.717, 1.165) is 10.2 Å². The number of carbonyl (C=O) groups is 1. The summed E-state index contributed by atoms with van der Waals surface area (Å²) in [4.78, 5) is 12.3. The van der Waals surface area contributed by atoms with E-state index in [1.165, 1.54) is 13.3 Å². The van der Waals surface area contributed by atoms with Gasteiger partial charge in [0.2, 0.25) is 0 Å². The van der Waals surface area contributed by atoms with Crippen molar-refractivity contribution in [2.45, 2.75) is 0 Å². The van der Waals surface area contributed by atoms with Crippen molar-refractivity contribution < 1.29 is 9.53 Å². The monoisotopic (exact) mass is 405 g/mol. The van der Waals surface area contributed by atoms with Crippen LogP contribution in [0.5, 0.6) is 5.75 Å². The highest BCUT2D eigenvalue weighted by Gasteiger charge is 2.11. The fourth-order valence-electron chi connectivity index (χ4n) is 2.12. The Morgan fingerprint density at radius 2 is 2.00 bits per heavy atom. The standard InChI is InChI=1S/C17H13BrClN3O2/c1-24-16-7-4-13(8-15(16)19)21-17(23)11-9-20-22(10-11)14-5-2-12(18)3-6-14/h2-10H,1H3,(H,21,23). The summed E-state index contributed by atoms with van der Waals surface area (Å²) in [5, 5.41) is 7.43. The maximum Gasteiger partial charge on any atom is 0.258 e. The maximum atomic E-state index is 12.3. The predicted octanol–water partition coefficient (Wildman–Crippen LogP) is 4.55. The summed E-state index contributed by atoms with van der Waals surface area (Å²) in [6.45, 7) is 0. The van der Waals surface area contributed by atoms with E-state index < -0.39 is 0 Å². The molecule has 3 rings (SSSR count). The van der Waals surface area contributed by atoms with Gasteiger partial charge in [0.05, 0.1) is 29.6 Å². The molecule has 0 atom stereocenters. The molecule has 0 bridgehead atoms. The number of hydrogen-bond donors (Lipinski definition) is 1. The third-order valence-electron chi connectivity index (χ3n) is 3.35. The van der Waals surface area contributed by atoms with Gasteiger partial charge in [0.1, 0.15) is 5.75 Å². The molecule has 0 aliphatic rings. The lowest BCUT2D eigenvalue weighted by Crippen LogP contribution is -2.11. The summed E-state index contributed by atoms with van der Waals surface area (Å²) in [6, 6.07) is 12.7. The molecule has 0 saturated heterocycles. The van der Waals surface area contributed by atoms with Gasteiger partial charge >= 0.3 is 0 Å². The second-order valence-corrected chi connectivity index (χ2v) is 6.28. The summed E-state index contributed by atoms with van der Waals surface area (Å²) in [7, 11) is 1.54. The van der Waals surface area contributed by atoms with E-state index in [9.17, 15) is 4.79 Å². The summed E-state index contributed by atoms with van der Waals surface area (Å²) in [5.41, 5.74) is 1.90. The molecular weight excluding hydrogens is 394 g/mol. The van der Waals surface area contributed by atoms with Crippen LogP contribution >= 0.6 is 27.5 Å². The van der Waals surface area contributed by atoms with Crippen molar-refractivity contribution in [3.05, 3.63) is 69.9 Å². The Kier molecular flexibility index (Phi) is 4.87. The summed E-state index contributed by atoms with van der Waals surface area (Å²) >= 11 is 9.45. The molecule has 0 aliphatic heterocycles. The number of anilines is 1. The highest BCUT2D eigenvalue weighted by atomic mass is 79.9. The van der Waals surface area contributed by atoms with E-state index in [1.54, 1.807) is 29.1 Å². The molecule has 5 nitrogen and oxygen atoms in total. The molecule has 0 fully saturated rings. The molecule has 24 heavy (non-hydrogen) atoms. The highest BCUT2D eigenvalue weighted by Crippen LogP contribution is 2.27. The van der Waals surface area contributed by atoms with E-state index >= 15 is 0 Å². The first-order chi connectivity index (χ1) is 11.6. The number of benzene rings is 2. The fraction of sp³-hybridized carbons (Fsp3) is 0.0588. The van der Waals surface area contributed by atoms with Gasteiger partial charge in [-0.1, -0.05) is 27.5 Å². The number of carbonyl (C=O) groups excluding carboxylic acids is 1. The lowest BCUT2D eigenvalue weighted by molar-refractivity contribution is 0.102. The van der Waals surface area contributed by atoms with Gasteiger partial charge < -0.3 is 10.1 Å². The molecule has 1 heterocycles. The van der Waals surface area contributed by atoms with Crippen molar-refractivity contribution in [3.63, 3.8) is 0 Å². The van der Waals surface area contributed by atoms with Gasteiger partial charge in [0, 0.05) is 16.4 Å². The third-order valence-corrected chi connectivity index (χ3v) is 4.17. The van der Waals surface area contributed by atoms with Crippen molar-refractivity contribution in [2.24, 2.45) is 0 Å². The maximum absolute atomic E-state index is 12.3. The summed E-state index contributed by atoms with van der Waals surface area (Å²) < 4.78 is 7.71. The van der Waals surface area contributed by atoms with E-state index in [2.05, 4.69) is 26.3 Å². The Labute approximate surface area is 152 Å². The van der Waals surface area contributed by atoms with E-state index in [-0.39, 0.29) is 5.91 Å². The Morgan fingerprint density at radius 1 is 1.25 bits per heavy atom. The average Bonchev–Trinajstić information content (AvgIpc) is 3.06. The zero-order valence-electron chi connectivity index (χ0n) is 12.7. The molecule has 0 saturated carbocycles. The van der Waals surface area contributed by atoms with Gasteiger partial charge in [-0.05, 0) is 42.5 Å². The minimum Gasteiger partial charge on any atom is -0.495 e. The smallest absolute Gasteiger partial charge is 0.258 e. The number of rotatable bonds is 4. The van der Waals surface area contributed by atoms with Gasteiger partial charge in [0.15, 0.2) is 0 Å². The fourth-order valence-corrected chi connectivity index (χ4v) is 2.64. The Bertz CT molecular complexity index is 878. The minimum absolute atomic E-state index is 0.264. The molecule has 1 amide bonds. The van der Waals surface area contributed by atoms with Crippen LogP contribution in [0.3, 0.4) is 0 Å². The number of halogens is 2. The Balaban J connectivity index is 1.76. The molecule has 0 unspecified atom stereocenters. The molecule has 122 valence electrons. The zero-order valence-corrected chi connectivity index (χ0v) is 15.0. The lowest BCUT2D eigenvalue weighted by atomic mass is 10.2. The van der Waals surface area contributed by atoms with Crippen molar-refractivity contribution in [1.82, 2.24) is 9.78 Å². The molecule has 0 aliphatic carbocycles. The summed E-state index contributed by atoms with van der Waals surface area (Å²) in [5.74, 6) is 0.289. The highest BCUT2D eigenvalue weighted by molar-refractivity contribution is 9.10. The molecule has 7 heteroatoms. The first-order valence-corrected chi connectivity index (χ1v) is 8.19. The number of hydrogen-bond acceptors (Lipinski definition) is 3. The lowest BCUT2D eigenvalue weighted by Gasteiger charge is -2.07. The summed E-state index contributed by atoms with van der Waals surface area (Å²) in [6.07, 6.45) is 3.19. The molecule has 1 aromatic heterocycles. The SMILES string of the molecule is COc1ccc(NC(=O)c2cnn(-c3ccc(Br)cc3)c2)cc1Cl. The van der Waals surface area contributed by atoms with E-state index in [0.29, 0.717) is 22.0 Å². The van der Waals surface area contributed by atoms with Gasteiger partial charge in [-0.2, -0.15) is 5.10 Å². The van der Waals surface area contributed by atoms with Crippen LogP contribution in [-0.4, -0.2) is 22.8 Å². The molecule has 1 N–H and O–H groups in total. The van der Waals surface area contributed by atoms with Crippen LogP contribution in [0.4, 0.5) is 5.69 Å². The van der Waals surface area contributed by atoms with Crippen LogP contribution < -0.4 is 10.1 Å². The quantitative estimate of drug-likeness (QED) is 0.691. The van der Waals surface area contributed by atoms with Gasteiger partial charge in [-0.15, -0.1) is 0 Å². The molecule has 0 spiro atoms. The van der Waals surface area contributed by atoms with Crippen LogP contribution in [0.2, 0.25) is 5.02 Å². The molecule has 2 aromatic carbocycles. The Hall–Kier alpha value is -2.31. The average molecular weight is 407 g/mol. The van der Waals surface area contributed by atoms with Crippen molar-refractivity contribution >= 4 is 39.1 Å². The largest absolute Gasteiger partial charge is 0.495 e. The predicted molar refractivity (Wildman–Crippen MR) is 97.2 cm³/mol. The normalized spacial score (nSPS) is 10.5. The molecule has 0 radical (unpaired) electrons. The van der Waals surface area contributed by atoms with Gasteiger partial charge in [-0.25, -0.2) is 4.68 Å². The minimum atomic E-state index is -0.264. The van der Waals surface area contributed by atoms with Crippen LogP contribution in [-0.2, 0) is 0 Å². The molecular formula is C17H13BrClN3O2. The van der Waals surface area contributed by atoms with Crippen LogP contribution in [0.15, 0.2) is 59.3 Å². The first kappa shape index (κ1) is 16.5. The first-order valence-electron chi connectivity index (χ1n) is 7.02. The van der Waals surface area contributed by atoms with Crippen LogP contribution in [0.25, 0.3) is 5.69 Å². The topological polar surface area (TPSA) is 56.1 Å². The number of ether oxygens (including phenoxy) is 1. The number of aromatic nitrogens is 2. The van der Waals surface area contributed by atoms with E-state index in [4.69, 9.17) is 16.3 Å². The zero-order chi connectivity index (χ0) is 17.1. The Morgan fingerprint density at radius 3 is 2.67 bits per heavy atom. The third kappa shape index (κ3) is 3.60. The van der Waals surface area contributed by atoms with Crippen LogP contribution in [0.1, 0.15) is 10.4 Å². The molecule has 3 aromatic rings. The van der Waals surface area contributed by atoms with Crippen molar-refractivity contribution in [1.29, 1.82) is 0 Å². The number of nitrogens with one attached hydrogen (secondary N) is 1. The van der Waals surface area contributed by atoms with Gasteiger partial charge in [0.25, 0.3) is 5.91 Å². The second kappa shape index (κ2) is 7.07. The number of nitrogens with zero attached hydrogens (tertiary/aromatic N) is 2. The van der Waals surface area contributed by atoms with E-state index in [1.807, 2.05) is 24.3 Å². The number of amides is 1. The van der Waals surface area contributed by atoms with Crippen LogP contribution in [0, 0.1) is 0 Å².